The normalized spacial score (nSPS) is 22.9. The minimum Gasteiger partial charge on any atom is -0.380 e. The Hall–Kier alpha value is -1.09. The summed E-state index contributed by atoms with van der Waals surface area (Å²) in [7, 11) is 0. The van der Waals surface area contributed by atoms with E-state index >= 15 is 0 Å². The van der Waals surface area contributed by atoms with Gasteiger partial charge in [0.2, 0.25) is 0 Å². The highest BCUT2D eigenvalue weighted by molar-refractivity contribution is 5.64. The zero-order valence-corrected chi connectivity index (χ0v) is 9.78. The molecule has 0 unspecified atom stereocenters. The van der Waals surface area contributed by atoms with Gasteiger partial charge in [-0.15, -0.1) is 0 Å². The minimum absolute atomic E-state index is 0.314. The summed E-state index contributed by atoms with van der Waals surface area (Å²) in [6.07, 6.45) is 10.0. The third-order valence-corrected chi connectivity index (χ3v) is 3.54. The van der Waals surface area contributed by atoms with E-state index in [-0.39, 0.29) is 0 Å². The van der Waals surface area contributed by atoms with Crippen molar-refractivity contribution >= 4 is 5.57 Å². The van der Waals surface area contributed by atoms with E-state index in [1.54, 1.807) is 0 Å². The molecule has 0 N–H and O–H groups in total. The van der Waals surface area contributed by atoms with Crippen molar-refractivity contribution in [3.05, 3.63) is 24.3 Å². The minimum atomic E-state index is 0.314. The van der Waals surface area contributed by atoms with E-state index in [1.807, 2.05) is 12.5 Å². The molecule has 1 fully saturated rings. The zero-order valence-electron chi connectivity index (χ0n) is 9.78. The van der Waals surface area contributed by atoms with Gasteiger partial charge in [-0.05, 0) is 24.8 Å². The lowest BCUT2D eigenvalue weighted by Gasteiger charge is -2.38. The number of nitrogens with zero attached hydrogens (tertiary/aromatic N) is 2. The highest BCUT2D eigenvalue weighted by Crippen LogP contribution is 2.32. The fourth-order valence-electron chi connectivity index (χ4n) is 2.57. The first-order chi connectivity index (χ1) is 7.77. The predicted molar refractivity (Wildman–Crippen MR) is 63.0 cm³/mol. The highest BCUT2D eigenvalue weighted by Gasteiger charge is 2.34. The average Bonchev–Trinajstić information content (AvgIpc) is 2.83. The molecule has 16 heavy (non-hydrogen) atoms. The van der Waals surface area contributed by atoms with Gasteiger partial charge in [-0.3, -0.25) is 0 Å². The van der Waals surface area contributed by atoms with Gasteiger partial charge in [0, 0.05) is 12.0 Å². The predicted octanol–water partition coefficient (Wildman–Crippen LogP) is 2.49. The van der Waals surface area contributed by atoms with E-state index in [4.69, 9.17) is 4.74 Å². The number of allylic oxidation sites excluding steroid dienone is 2. The Balaban J connectivity index is 1.82. The second-order valence-corrected chi connectivity index (χ2v) is 5.33. The quantitative estimate of drug-likeness (QED) is 0.779. The average molecular weight is 218 g/mol. The van der Waals surface area contributed by atoms with Crippen molar-refractivity contribution in [2.24, 2.45) is 5.41 Å². The van der Waals surface area contributed by atoms with Crippen molar-refractivity contribution < 1.29 is 4.74 Å². The Morgan fingerprint density at radius 3 is 3.00 bits per heavy atom. The molecule has 2 heterocycles. The van der Waals surface area contributed by atoms with Crippen LogP contribution in [0.3, 0.4) is 0 Å². The van der Waals surface area contributed by atoms with Crippen molar-refractivity contribution in [2.75, 3.05) is 13.2 Å². The monoisotopic (exact) mass is 218 g/mol. The number of rotatable bonds is 3. The summed E-state index contributed by atoms with van der Waals surface area (Å²) in [4.78, 5) is 4.29. The second kappa shape index (κ2) is 3.74. The lowest BCUT2D eigenvalue weighted by molar-refractivity contribution is -0.110. The molecule has 1 aromatic rings. The first kappa shape index (κ1) is 10.1. The lowest BCUT2D eigenvalue weighted by atomic mass is 9.88. The van der Waals surface area contributed by atoms with Gasteiger partial charge in [-0.1, -0.05) is 13.0 Å². The number of aromatic nitrogens is 2. The molecular formula is C13H18N2O. The van der Waals surface area contributed by atoms with Gasteiger partial charge >= 0.3 is 0 Å². The number of hydrogen-bond acceptors (Lipinski definition) is 2. The van der Waals surface area contributed by atoms with Crippen molar-refractivity contribution in [3.63, 3.8) is 0 Å². The zero-order chi connectivity index (χ0) is 11.0. The Morgan fingerprint density at radius 2 is 2.38 bits per heavy atom. The molecule has 1 aromatic heterocycles. The first-order valence-corrected chi connectivity index (χ1v) is 6.04. The second-order valence-electron chi connectivity index (χ2n) is 5.33. The molecule has 0 spiro atoms. The summed E-state index contributed by atoms with van der Waals surface area (Å²) >= 11 is 0. The topological polar surface area (TPSA) is 27.1 Å². The van der Waals surface area contributed by atoms with E-state index in [0.29, 0.717) is 5.41 Å². The van der Waals surface area contributed by atoms with Crippen molar-refractivity contribution in [1.29, 1.82) is 0 Å². The largest absolute Gasteiger partial charge is 0.380 e. The van der Waals surface area contributed by atoms with Crippen LogP contribution in [0, 0.1) is 5.41 Å². The third kappa shape index (κ3) is 1.69. The van der Waals surface area contributed by atoms with Gasteiger partial charge in [-0.25, -0.2) is 4.98 Å². The molecule has 1 saturated heterocycles. The molecule has 0 amide bonds. The fourth-order valence-corrected chi connectivity index (χ4v) is 2.57. The lowest BCUT2D eigenvalue weighted by Crippen LogP contribution is -2.43. The van der Waals surface area contributed by atoms with Crippen LogP contribution in [0.25, 0.3) is 5.57 Å². The van der Waals surface area contributed by atoms with Crippen LogP contribution >= 0.6 is 0 Å². The highest BCUT2D eigenvalue weighted by atomic mass is 16.5. The van der Waals surface area contributed by atoms with E-state index in [1.165, 1.54) is 30.5 Å². The molecule has 3 nitrogen and oxygen atoms in total. The summed E-state index contributed by atoms with van der Waals surface area (Å²) in [6, 6.07) is 0. The molecule has 0 atom stereocenters. The van der Waals surface area contributed by atoms with Crippen LogP contribution in [-0.2, 0) is 11.3 Å². The van der Waals surface area contributed by atoms with Gasteiger partial charge in [0.05, 0.1) is 31.4 Å². The van der Waals surface area contributed by atoms with E-state index in [2.05, 4.69) is 22.6 Å². The SMILES string of the molecule is CC1(Cn2cncc2C2=CCCC2)COC1. The van der Waals surface area contributed by atoms with Crippen molar-refractivity contribution in [3.8, 4) is 0 Å². The molecule has 3 rings (SSSR count). The van der Waals surface area contributed by atoms with Crippen molar-refractivity contribution in [2.45, 2.75) is 32.7 Å². The molecule has 0 saturated carbocycles. The van der Waals surface area contributed by atoms with Crippen LogP contribution in [0.2, 0.25) is 0 Å². The first-order valence-electron chi connectivity index (χ1n) is 6.04. The van der Waals surface area contributed by atoms with Crippen LogP contribution in [-0.4, -0.2) is 22.8 Å². The number of ether oxygens (including phenoxy) is 1. The van der Waals surface area contributed by atoms with Gasteiger partial charge in [0.25, 0.3) is 0 Å². The van der Waals surface area contributed by atoms with Crippen LogP contribution in [0.1, 0.15) is 31.9 Å². The maximum absolute atomic E-state index is 5.30. The summed E-state index contributed by atoms with van der Waals surface area (Å²) in [5, 5.41) is 0. The number of hydrogen-bond donors (Lipinski definition) is 0. The fraction of sp³-hybridized carbons (Fsp3) is 0.615. The molecule has 0 bridgehead atoms. The molecule has 86 valence electrons. The molecule has 0 aromatic carbocycles. The standard InChI is InChI=1S/C13H18N2O/c1-13(8-16-9-13)7-15-10-14-6-12(15)11-4-2-3-5-11/h4,6,10H,2-3,5,7-9H2,1H3. The molecule has 3 heteroatoms. The van der Waals surface area contributed by atoms with Crippen molar-refractivity contribution in [1.82, 2.24) is 9.55 Å². The molecule has 0 radical (unpaired) electrons. The maximum Gasteiger partial charge on any atom is 0.0951 e. The molecular weight excluding hydrogens is 200 g/mol. The van der Waals surface area contributed by atoms with E-state index in [9.17, 15) is 0 Å². The van der Waals surface area contributed by atoms with Gasteiger partial charge < -0.3 is 9.30 Å². The van der Waals surface area contributed by atoms with E-state index in [0.717, 1.165) is 19.8 Å². The van der Waals surface area contributed by atoms with Crippen LogP contribution < -0.4 is 0 Å². The Kier molecular flexibility index (Phi) is 2.36. The van der Waals surface area contributed by atoms with E-state index < -0.39 is 0 Å². The third-order valence-electron chi connectivity index (χ3n) is 3.54. The summed E-state index contributed by atoms with van der Waals surface area (Å²) in [6.45, 7) is 5.07. The van der Waals surface area contributed by atoms with Gasteiger partial charge in [-0.2, -0.15) is 0 Å². The molecule has 1 aliphatic carbocycles. The number of imidazole rings is 1. The van der Waals surface area contributed by atoms with Gasteiger partial charge in [0.15, 0.2) is 0 Å². The Labute approximate surface area is 96.1 Å². The summed E-state index contributed by atoms with van der Waals surface area (Å²) in [5.41, 5.74) is 3.10. The van der Waals surface area contributed by atoms with Gasteiger partial charge in [0.1, 0.15) is 0 Å². The Morgan fingerprint density at radius 1 is 1.50 bits per heavy atom. The summed E-state index contributed by atoms with van der Waals surface area (Å²) < 4.78 is 7.59. The van der Waals surface area contributed by atoms with Crippen LogP contribution in [0.4, 0.5) is 0 Å². The molecule has 2 aliphatic rings. The maximum atomic E-state index is 5.30. The Bertz CT molecular complexity index is 415. The van der Waals surface area contributed by atoms with Crippen LogP contribution in [0.15, 0.2) is 18.6 Å². The smallest absolute Gasteiger partial charge is 0.0951 e. The van der Waals surface area contributed by atoms with Crippen LogP contribution in [0.5, 0.6) is 0 Å². The summed E-state index contributed by atoms with van der Waals surface area (Å²) in [5.74, 6) is 0. The molecule has 1 aliphatic heterocycles.